The zero-order valence-corrected chi connectivity index (χ0v) is 20.7. The van der Waals surface area contributed by atoms with Crippen molar-refractivity contribution in [1.82, 2.24) is 14.5 Å². The maximum absolute atomic E-state index is 10.2. The Hall–Kier alpha value is -3.14. The first-order chi connectivity index (χ1) is 15.7. The first kappa shape index (κ1) is 21.7. The van der Waals surface area contributed by atoms with Crippen molar-refractivity contribution in [2.45, 2.75) is 16.8 Å². The van der Waals surface area contributed by atoms with E-state index in [2.05, 4.69) is 70.0 Å². The molecule has 0 unspecified atom stereocenters. The molecular weight excluding hydrogens is 609 g/mol. The van der Waals surface area contributed by atoms with Gasteiger partial charge in [0.05, 0.1) is 5.03 Å². The molecule has 0 aliphatic heterocycles. The maximum Gasteiger partial charge on any atom is 0.141 e. The van der Waals surface area contributed by atoms with E-state index in [-0.39, 0.29) is 26.8 Å². The molecule has 6 aromatic rings. The van der Waals surface area contributed by atoms with E-state index in [9.17, 15) is 5.11 Å². The molecule has 1 N–H and O–H groups in total. The number of hydrogen-bond acceptors (Lipinski definition) is 4. The van der Waals surface area contributed by atoms with Gasteiger partial charge in [-0.25, -0.2) is 9.97 Å². The summed E-state index contributed by atoms with van der Waals surface area (Å²) in [6, 6.07) is 29.7. The van der Waals surface area contributed by atoms with Gasteiger partial charge in [-0.15, -0.1) is 11.5 Å². The fourth-order valence-electron chi connectivity index (χ4n) is 4.10. The molecule has 164 valence electrons. The predicted octanol–water partition coefficient (Wildman–Crippen LogP) is 6.69. The predicted molar refractivity (Wildman–Crippen MR) is 130 cm³/mol. The van der Waals surface area contributed by atoms with Crippen molar-refractivity contribution in [2.24, 2.45) is 0 Å². The third-order valence-corrected chi connectivity index (χ3v) is 6.47. The van der Waals surface area contributed by atoms with E-state index < -0.39 is 0 Å². The number of aromatic nitrogens is 3. The van der Waals surface area contributed by atoms with Gasteiger partial charge < -0.3 is 9.67 Å². The number of phenols is 1. The summed E-state index contributed by atoms with van der Waals surface area (Å²) >= 11 is 1.53. The largest absolute Gasteiger partial charge is 0.506 e. The quantitative estimate of drug-likeness (QED) is 0.222. The number of fused-ring (bicyclic) bond motifs is 4. The van der Waals surface area contributed by atoms with Gasteiger partial charge in [0, 0.05) is 38.2 Å². The Morgan fingerprint density at radius 1 is 0.909 bits per heavy atom. The van der Waals surface area contributed by atoms with Gasteiger partial charge in [-0.2, -0.15) is 12.1 Å². The number of hydrogen-bond donors (Lipinski definition) is 1. The standard InChI is InChI=1S/C27H18N3OS.Pt/c1-17-13-14-28-25(15-17)30-22-7-3-2-6-20(22)21-11-10-19(16-23(21)30)32-26-12-9-18-5-4-8-24(31)27(18)29-26;/h2-15,31H,1H3;/q-1;. The van der Waals surface area contributed by atoms with Crippen LogP contribution in [0.25, 0.3) is 38.5 Å². The number of pyridine rings is 2. The molecule has 0 fully saturated rings. The van der Waals surface area contributed by atoms with Crippen LogP contribution in [0.5, 0.6) is 5.75 Å². The van der Waals surface area contributed by atoms with Crippen LogP contribution in [-0.4, -0.2) is 19.6 Å². The molecule has 3 heterocycles. The summed E-state index contributed by atoms with van der Waals surface area (Å²) in [5, 5.41) is 14.2. The molecule has 0 aliphatic rings. The molecule has 33 heavy (non-hydrogen) atoms. The number of benzene rings is 3. The number of aromatic hydroxyl groups is 1. The Labute approximate surface area is 209 Å². The van der Waals surface area contributed by atoms with Gasteiger partial charge >= 0.3 is 0 Å². The molecule has 0 radical (unpaired) electrons. The second-order valence-corrected chi connectivity index (χ2v) is 8.79. The van der Waals surface area contributed by atoms with E-state index in [1.165, 1.54) is 17.1 Å². The fourth-order valence-corrected chi connectivity index (χ4v) is 4.88. The van der Waals surface area contributed by atoms with Crippen molar-refractivity contribution in [3.63, 3.8) is 0 Å². The Balaban J connectivity index is 0.00000228. The Morgan fingerprint density at radius 2 is 1.79 bits per heavy atom. The second kappa shape index (κ2) is 8.66. The first-order valence-corrected chi connectivity index (χ1v) is 11.1. The summed E-state index contributed by atoms with van der Waals surface area (Å²) in [5.41, 5.74) is 3.86. The molecule has 3 aromatic carbocycles. The second-order valence-electron chi connectivity index (χ2n) is 7.73. The van der Waals surface area contributed by atoms with Crippen molar-refractivity contribution < 1.29 is 26.2 Å². The smallest absolute Gasteiger partial charge is 0.141 e. The van der Waals surface area contributed by atoms with Crippen LogP contribution >= 0.6 is 11.8 Å². The van der Waals surface area contributed by atoms with Crippen LogP contribution in [0.2, 0.25) is 0 Å². The molecule has 0 spiro atoms. The third-order valence-electron chi connectivity index (χ3n) is 5.57. The average molecular weight is 628 g/mol. The zero-order chi connectivity index (χ0) is 21.7. The molecule has 3 aromatic heterocycles. The molecular formula is C27H18N3OPtS-. The SMILES string of the molecule is Cc1ccnc(-n2c3[c-]c(Sc4ccc5cccc(O)c5n4)ccc3c3ccccc32)c1.[Pt]. The van der Waals surface area contributed by atoms with Gasteiger partial charge in [0.1, 0.15) is 17.1 Å². The van der Waals surface area contributed by atoms with E-state index in [0.29, 0.717) is 5.52 Å². The zero-order valence-electron chi connectivity index (χ0n) is 17.6. The Bertz CT molecular complexity index is 1640. The van der Waals surface area contributed by atoms with Crippen molar-refractivity contribution in [3.05, 3.63) is 96.7 Å². The summed E-state index contributed by atoms with van der Waals surface area (Å²) < 4.78 is 2.17. The summed E-state index contributed by atoms with van der Waals surface area (Å²) in [7, 11) is 0. The number of nitrogens with zero attached hydrogens (tertiary/aromatic N) is 3. The summed E-state index contributed by atoms with van der Waals surface area (Å²) in [6.45, 7) is 2.07. The molecule has 0 saturated heterocycles. The van der Waals surface area contributed by atoms with Gasteiger partial charge in [-0.05, 0) is 54.3 Å². The van der Waals surface area contributed by atoms with Crippen LogP contribution in [0, 0.1) is 13.0 Å². The first-order valence-electron chi connectivity index (χ1n) is 10.3. The van der Waals surface area contributed by atoms with E-state index in [1.54, 1.807) is 6.07 Å². The van der Waals surface area contributed by atoms with Crippen LogP contribution < -0.4 is 0 Å². The van der Waals surface area contributed by atoms with E-state index in [1.807, 2.05) is 36.5 Å². The Kier molecular flexibility index (Phi) is 5.69. The fraction of sp³-hybridized carbons (Fsp3) is 0.0370. The van der Waals surface area contributed by atoms with Crippen molar-refractivity contribution in [3.8, 4) is 11.6 Å². The van der Waals surface area contributed by atoms with E-state index >= 15 is 0 Å². The van der Waals surface area contributed by atoms with Crippen LogP contribution in [0.15, 0.2) is 95.0 Å². The van der Waals surface area contributed by atoms with Crippen molar-refractivity contribution >= 4 is 44.5 Å². The molecule has 0 atom stereocenters. The molecule has 6 rings (SSSR count). The number of rotatable bonds is 3. The van der Waals surface area contributed by atoms with Crippen molar-refractivity contribution in [2.75, 3.05) is 0 Å². The molecule has 6 heteroatoms. The minimum atomic E-state index is 0. The number of para-hydroxylation sites is 2. The van der Waals surface area contributed by atoms with Crippen molar-refractivity contribution in [1.29, 1.82) is 0 Å². The van der Waals surface area contributed by atoms with Crippen LogP contribution in [0.1, 0.15) is 5.56 Å². The molecule has 0 amide bonds. The van der Waals surface area contributed by atoms with Crippen LogP contribution in [0.4, 0.5) is 0 Å². The topological polar surface area (TPSA) is 50.9 Å². The number of aryl methyl sites for hydroxylation is 1. The summed E-state index contributed by atoms with van der Waals surface area (Å²) in [6.07, 6.45) is 1.84. The van der Waals surface area contributed by atoms with Gasteiger partial charge in [-0.1, -0.05) is 52.5 Å². The molecule has 0 bridgehead atoms. The van der Waals surface area contributed by atoms with E-state index in [4.69, 9.17) is 0 Å². The number of phenolic OH excluding ortho intramolecular Hbond substituents is 1. The molecule has 0 saturated carbocycles. The van der Waals surface area contributed by atoms with Gasteiger partial charge in [0.2, 0.25) is 0 Å². The summed E-state index contributed by atoms with van der Waals surface area (Å²) in [4.78, 5) is 10.2. The minimum absolute atomic E-state index is 0. The molecule has 0 aliphatic carbocycles. The molecule has 4 nitrogen and oxygen atoms in total. The summed E-state index contributed by atoms with van der Waals surface area (Å²) in [5.74, 6) is 1.07. The van der Waals surface area contributed by atoms with Crippen LogP contribution in [-0.2, 0) is 21.1 Å². The average Bonchev–Trinajstić information content (AvgIpc) is 3.13. The van der Waals surface area contributed by atoms with Crippen LogP contribution in [0.3, 0.4) is 0 Å². The van der Waals surface area contributed by atoms with Gasteiger partial charge in [0.25, 0.3) is 0 Å². The minimum Gasteiger partial charge on any atom is -0.506 e. The third kappa shape index (κ3) is 3.82. The monoisotopic (exact) mass is 627 g/mol. The van der Waals surface area contributed by atoms with Gasteiger partial charge in [-0.3, -0.25) is 0 Å². The Morgan fingerprint density at radius 3 is 2.67 bits per heavy atom. The normalized spacial score (nSPS) is 11.2. The maximum atomic E-state index is 10.2. The van der Waals surface area contributed by atoms with Gasteiger partial charge in [0.15, 0.2) is 0 Å². The van der Waals surface area contributed by atoms with E-state index in [0.717, 1.165) is 43.1 Å².